The van der Waals surface area contributed by atoms with Crippen LogP contribution in [0.1, 0.15) is 20.3 Å². The van der Waals surface area contributed by atoms with E-state index in [-0.39, 0.29) is 18.4 Å². The summed E-state index contributed by atoms with van der Waals surface area (Å²) in [7, 11) is 0. The maximum Gasteiger partial charge on any atom is 0.326 e. The predicted molar refractivity (Wildman–Crippen MR) is 91.9 cm³/mol. The Kier molecular flexibility index (Phi) is 6.54. The summed E-state index contributed by atoms with van der Waals surface area (Å²) in [6, 6.07) is 5.02. The molecule has 1 saturated heterocycles. The van der Waals surface area contributed by atoms with Crippen molar-refractivity contribution in [1.29, 1.82) is 0 Å². The fraction of sp³-hybridized carbons (Fsp3) is 0.588. The van der Waals surface area contributed by atoms with Crippen LogP contribution >= 0.6 is 0 Å². The Hall–Kier alpha value is -2.15. The summed E-state index contributed by atoms with van der Waals surface area (Å²) in [6.07, 6.45) is 2.21. The fourth-order valence-corrected chi connectivity index (χ4v) is 2.81. The number of nitrogens with one attached hydrogen (secondary N) is 1. The van der Waals surface area contributed by atoms with Crippen molar-refractivity contribution < 1.29 is 14.7 Å². The van der Waals surface area contributed by atoms with Gasteiger partial charge in [-0.3, -0.25) is 9.69 Å². The molecule has 2 rings (SSSR count). The number of carbonyl (C=O) groups is 2. The first-order valence-electron chi connectivity index (χ1n) is 8.36. The monoisotopic (exact) mass is 334 g/mol. The molecule has 0 bridgehead atoms. The van der Waals surface area contributed by atoms with Crippen molar-refractivity contribution in [1.82, 2.24) is 15.2 Å². The number of aromatic nitrogens is 1. The number of nitrogens with zero attached hydrogens (tertiary/aromatic N) is 3. The zero-order valence-electron chi connectivity index (χ0n) is 14.3. The molecule has 2 N–H and O–H groups in total. The topological polar surface area (TPSA) is 85.8 Å². The molecule has 1 atom stereocenters. The predicted octanol–water partition coefficient (Wildman–Crippen LogP) is 0.819. The van der Waals surface area contributed by atoms with Crippen LogP contribution < -0.4 is 10.2 Å². The fourth-order valence-electron chi connectivity index (χ4n) is 2.81. The lowest BCUT2D eigenvalue weighted by Gasteiger charge is -2.35. The summed E-state index contributed by atoms with van der Waals surface area (Å²) in [5, 5.41) is 11.8. The normalized spacial score (nSPS) is 16.9. The van der Waals surface area contributed by atoms with Gasteiger partial charge in [0.2, 0.25) is 5.91 Å². The summed E-state index contributed by atoms with van der Waals surface area (Å²) in [5.74, 6) is -0.0378. The van der Waals surface area contributed by atoms with Gasteiger partial charge in [0, 0.05) is 32.4 Å². The van der Waals surface area contributed by atoms with E-state index >= 15 is 0 Å². The van der Waals surface area contributed by atoms with Crippen LogP contribution in [-0.2, 0) is 9.59 Å². The molecule has 1 aliphatic heterocycles. The molecule has 0 saturated carbocycles. The molecule has 1 aromatic heterocycles. The van der Waals surface area contributed by atoms with Gasteiger partial charge in [-0.25, -0.2) is 9.78 Å². The average molecular weight is 334 g/mol. The number of rotatable bonds is 7. The van der Waals surface area contributed by atoms with Crippen molar-refractivity contribution in [2.24, 2.45) is 5.92 Å². The number of anilines is 1. The Labute approximate surface area is 142 Å². The van der Waals surface area contributed by atoms with Gasteiger partial charge in [0.05, 0.1) is 6.54 Å². The van der Waals surface area contributed by atoms with Crippen LogP contribution in [0.4, 0.5) is 5.82 Å². The first kappa shape index (κ1) is 18.2. The van der Waals surface area contributed by atoms with Crippen molar-refractivity contribution in [3.8, 4) is 0 Å². The molecule has 1 unspecified atom stereocenters. The molecule has 24 heavy (non-hydrogen) atoms. The van der Waals surface area contributed by atoms with Crippen molar-refractivity contribution in [2.75, 3.05) is 37.6 Å². The summed E-state index contributed by atoms with van der Waals surface area (Å²) in [5.41, 5.74) is 0. The van der Waals surface area contributed by atoms with Crippen LogP contribution in [-0.4, -0.2) is 65.6 Å². The molecule has 1 fully saturated rings. The lowest BCUT2D eigenvalue weighted by Crippen LogP contribution is -2.51. The Morgan fingerprint density at radius 3 is 2.50 bits per heavy atom. The number of amides is 1. The largest absolute Gasteiger partial charge is 0.480 e. The summed E-state index contributed by atoms with van der Waals surface area (Å²) in [6.45, 7) is 7.24. The van der Waals surface area contributed by atoms with Gasteiger partial charge in [0.25, 0.3) is 0 Å². The molecule has 1 amide bonds. The molecule has 0 aromatic carbocycles. The standard InChI is InChI=1S/C17H26N4O3/c1-13(2)11-14(17(23)24)19-16(22)12-20-7-9-21(10-8-20)15-5-3-4-6-18-15/h3-6,13-14H,7-12H2,1-2H3,(H,19,22)(H,23,24). The number of hydrogen-bond donors (Lipinski definition) is 2. The van der Waals surface area contributed by atoms with E-state index in [1.807, 2.05) is 36.9 Å². The third-order valence-corrected chi connectivity index (χ3v) is 4.05. The quantitative estimate of drug-likeness (QED) is 0.768. The van der Waals surface area contributed by atoms with E-state index in [9.17, 15) is 14.7 Å². The maximum absolute atomic E-state index is 12.1. The van der Waals surface area contributed by atoms with Crippen LogP contribution in [0.25, 0.3) is 0 Å². The summed E-state index contributed by atoms with van der Waals surface area (Å²) < 4.78 is 0. The van der Waals surface area contributed by atoms with Gasteiger partial charge < -0.3 is 15.3 Å². The lowest BCUT2D eigenvalue weighted by molar-refractivity contribution is -0.142. The zero-order chi connectivity index (χ0) is 17.5. The van der Waals surface area contributed by atoms with E-state index in [4.69, 9.17) is 0 Å². The van der Waals surface area contributed by atoms with Gasteiger partial charge >= 0.3 is 5.97 Å². The number of hydrogen-bond acceptors (Lipinski definition) is 5. The number of carboxylic acid groups (broad SMARTS) is 1. The van der Waals surface area contributed by atoms with Crippen molar-refractivity contribution >= 4 is 17.7 Å². The van der Waals surface area contributed by atoms with Crippen molar-refractivity contribution in [3.63, 3.8) is 0 Å². The highest BCUT2D eigenvalue weighted by Gasteiger charge is 2.24. The highest BCUT2D eigenvalue weighted by atomic mass is 16.4. The zero-order valence-corrected chi connectivity index (χ0v) is 14.3. The van der Waals surface area contributed by atoms with Crippen molar-refractivity contribution in [2.45, 2.75) is 26.3 Å². The highest BCUT2D eigenvalue weighted by molar-refractivity contribution is 5.84. The molecule has 0 spiro atoms. The van der Waals surface area contributed by atoms with E-state index < -0.39 is 12.0 Å². The van der Waals surface area contributed by atoms with Crippen LogP contribution in [0.3, 0.4) is 0 Å². The van der Waals surface area contributed by atoms with Gasteiger partial charge in [-0.15, -0.1) is 0 Å². The van der Waals surface area contributed by atoms with Gasteiger partial charge in [0.15, 0.2) is 0 Å². The van der Waals surface area contributed by atoms with Crippen molar-refractivity contribution in [3.05, 3.63) is 24.4 Å². The minimum atomic E-state index is -0.975. The minimum absolute atomic E-state index is 0.216. The Balaban J connectivity index is 1.78. The maximum atomic E-state index is 12.1. The SMILES string of the molecule is CC(C)CC(NC(=O)CN1CCN(c2ccccn2)CC1)C(=O)O. The molecule has 2 heterocycles. The number of carboxylic acids is 1. The number of aliphatic carboxylic acids is 1. The second-order valence-electron chi connectivity index (χ2n) is 6.54. The van der Waals surface area contributed by atoms with Gasteiger partial charge in [-0.2, -0.15) is 0 Å². The first-order valence-corrected chi connectivity index (χ1v) is 8.36. The summed E-state index contributed by atoms with van der Waals surface area (Å²) in [4.78, 5) is 31.9. The molecular weight excluding hydrogens is 308 g/mol. The van der Waals surface area contributed by atoms with Gasteiger partial charge in [-0.05, 0) is 24.5 Å². The van der Waals surface area contributed by atoms with Crippen LogP contribution in [0.15, 0.2) is 24.4 Å². The average Bonchev–Trinajstić information content (AvgIpc) is 2.55. The first-order chi connectivity index (χ1) is 11.5. The van der Waals surface area contributed by atoms with E-state index in [2.05, 4.69) is 15.2 Å². The Morgan fingerprint density at radius 1 is 1.25 bits per heavy atom. The molecule has 1 aromatic rings. The third-order valence-electron chi connectivity index (χ3n) is 4.05. The molecule has 7 nitrogen and oxygen atoms in total. The molecular formula is C17H26N4O3. The second kappa shape index (κ2) is 8.63. The smallest absolute Gasteiger partial charge is 0.326 e. The molecule has 0 aliphatic carbocycles. The van der Waals surface area contributed by atoms with E-state index in [1.54, 1.807) is 6.20 Å². The number of pyridine rings is 1. The van der Waals surface area contributed by atoms with Crippen LogP contribution in [0.2, 0.25) is 0 Å². The lowest BCUT2D eigenvalue weighted by atomic mass is 10.0. The van der Waals surface area contributed by atoms with E-state index in [0.29, 0.717) is 6.42 Å². The molecule has 0 radical (unpaired) electrons. The molecule has 7 heteroatoms. The van der Waals surface area contributed by atoms with E-state index in [1.165, 1.54) is 0 Å². The van der Waals surface area contributed by atoms with Crippen LogP contribution in [0.5, 0.6) is 0 Å². The molecule has 1 aliphatic rings. The number of piperazine rings is 1. The minimum Gasteiger partial charge on any atom is -0.480 e. The van der Waals surface area contributed by atoms with Gasteiger partial charge in [-0.1, -0.05) is 19.9 Å². The second-order valence-corrected chi connectivity index (χ2v) is 6.54. The third kappa shape index (κ3) is 5.49. The highest BCUT2D eigenvalue weighted by Crippen LogP contribution is 2.12. The Morgan fingerprint density at radius 2 is 1.96 bits per heavy atom. The van der Waals surface area contributed by atoms with Gasteiger partial charge in [0.1, 0.15) is 11.9 Å². The Bertz CT molecular complexity index is 542. The summed E-state index contributed by atoms with van der Waals surface area (Å²) >= 11 is 0. The number of carbonyl (C=O) groups excluding carboxylic acids is 1. The van der Waals surface area contributed by atoms with E-state index in [0.717, 1.165) is 32.0 Å². The molecule has 132 valence electrons. The van der Waals surface area contributed by atoms with Crippen LogP contribution in [0, 0.1) is 5.92 Å².